The highest BCUT2D eigenvalue weighted by atomic mass is 32.2. The summed E-state index contributed by atoms with van der Waals surface area (Å²) < 4.78 is 38.6. The molecule has 6 nitrogen and oxygen atoms in total. The van der Waals surface area contributed by atoms with Crippen LogP contribution in [0.25, 0.3) is 17.3 Å². The van der Waals surface area contributed by atoms with Gasteiger partial charge in [0.2, 0.25) is 16.0 Å². The molecule has 0 aliphatic heterocycles. The summed E-state index contributed by atoms with van der Waals surface area (Å²) in [4.78, 5) is 21.2. The molecule has 2 aromatic rings. The fourth-order valence-electron chi connectivity index (χ4n) is 2.84. The van der Waals surface area contributed by atoms with E-state index in [-0.39, 0.29) is 23.6 Å². The molecule has 2 rings (SSSR count). The van der Waals surface area contributed by atoms with Crippen molar-refractivity contribution in [3.05, 3.63) is 47.4 Å². The number of rotatable bonds is 8. The number of sulfonamides is 1. The first-order valence-electron chi connectivity index (χ1n) is 9.72. The van der Waals surface area contributed by atoms with Gasteiger partial charge >= 0.3 is 0 Å². The number of carbonyl (C=O) groups is 1. The molecular formula is C22H28FN3O3S. The smallest absolute Gasteiger partial charge is 0.239 e. The SMILES string of the molecule is CC(C)CC(=O)/C=C/c1c(-c2ccc(F)cc2)nc(N(C)S(C)(=O)=O)nc1C(C)C. The molecule has 0 aliphatic carbocycles. The highest BCUT2D eigenvalue weighted by molar-refractivity contribution is 7.92. The van der Waals surface area contributed by atoms with Gasteiger partial charge in [-0.25, -0.2) is 27.1 Å². The van der Waals surface area contributed by atoms with Gasteiger partial charge in [0, 0.05) is 24.6 Å². The van der Waals surface area contributed by atoms with Crippen molar-refractivity contribution in [3.63, 3.8) is 0 Å². The van der Waals surface area contributed by atoms with Crippen molar-refractivity contribution in [2.75, 3.05) is 17.6 Å². The van der Waals surface area contributed by atoms with Gasteiger partial charge in [0.1, 0.15) is 5.82 Å². The Morgan fingerprint density at radius 1 is 1.13 bits per heavy atom. The van der Waals surface area contributed by atoms with E-state index in [4.69, 9.17) is 0 Å². The van der Waals surface area contributed by atoms with Crippen molar-refractivity contribution in [1.82, 2.24) is 9.97 Å². The normalized spacial score (nSPS) is 12.2. The number of carbonyl (C=O) groups excluding carboxylic acids is 1. The van der Waals surface area contributed by atoms with Crippen molar-refractivity contribution in [1.29, 1.82) is 0 Å². The van der Waals surface area contributed by atoms with Crippen LogP contribution in [0, 0.1) is 11.7 Å². The van der Waals surface area contributed by atoms with Gasteiger partial charge in [-0.3, -0.25) is 4.79 Å². The topological polar surface area (TPSA) is 80.2 Å². The second kappa shape index (κ2) is 9.47. The predicted octanol–water partition coefficient (Wildman–Crippen LogP) is 4.43. The zero-order valence-corrected chi connectivity index (χ0v) is 19.0. The van der Waals surface area contributed by atoms with E-state index in [1.807, 2.05) is 27.7 Å². The van der Waals surface area contributed by atoms with E-state index >= 15 is 0 Å². The molecule has 0 aliphatic rings. The number of allylic oxidation sites excluding steroid dienone is 1. The van der Waals surface area contributed by atoms with Gasteiger partial charge in [-0.15, -0.1) is 0 Å². The Kier molecular flexibility index (Phi) is 7.47. The molecule has 1 aromatic carbocycles. The number of ketones is 1. The number of benzene rings is 1. The summed E-state index contributed by atoms with van der Waals surface area (Å²) >= 11 is 0. The van der Waals surface area contributed by atoms with Crippen LogP contribution in [0.2, 0.25) is 0 Å². The summed E-state index contributed by atoms with van der Waals surface area (Å²) in [5.74, 6) is -0.244. The molecule has 0 saturated heterocycles. The van der Waals surface area contributed by atoms with E-state index < -0.39 is 15.8 Å². The summed E-state index contributed by atoms with van der Waals surface area (Å²) in [5, 5.41) is 0. The Bertz CT molecular complexity index is 1050. The standard InChI is InChI=1S/C22H28FN3O3S/c1-14(2)13-18(27)11-12-19-20(15(3)4)24-22(26(5)30(6,28)29)25-21(19)16-7-9-17(23)10-8-16/h7-12,14-15H,13H2,1-6H3/b12-11+. The van der Waals surface area contributed by atoms with Crippen LogP contribution < -0.4 is 4.31 Å². The van der Waals surface area contributed by atoms with Gasteiger partial charge in [0.25, 0.3) is 0 Å². The first-order chi connectivity index (χ1) is 13.9. The van der Waals surface area contributed by atoms with Crippen molar-refractivity contribution < 1.29 is 17.6 Å². The van der Waals surface area contributed by atoms with Gasteiger partial charge in [-0.2, -0.15) is 0 Å². The molecule has 1 aromatic heterocycles. The predicted molar refractivity (Wildman–Crippen MR) is 118 cm³/mol. The Morgan fingerprint density at radius 2 is 1.73 bits per heavy atom. The van der Waals surface area contributed by atoms with Crippen molar-refractivity contribution in [2.24, 2.45) is 5.92 Å². The third-order valence-corrected chi connectivity index (χ3v) is 5.61. The fourth-order valence-corrected chi connectivity index (χ4v) is 3.22. The third-order valence-electron chi connectivity index (χ3n) is 4.45. The molecule has 0 spiro atoms. The monoisotopic (exact) mass is 433 g/mol. The molecule has 0 radical (unpaired) electrons. The molecule has 0 saturated carbocycles. The van der Waals surface area contributed by atoms with Crippen LogP contribution in [-0.2, 0) is 14.8 Å². The molecule has 0 N–H and O–H groups in total. The number of hydrogen-bond donors (Lipinski definition) is 0. The molecule has 162 valence electrons. The second-order valence-corrected chi connectivity index (χ2v) is 9.97. The van der Waals surface area contributed by atoms with E-state index in [9.17, 15) is 17.6 Å². The van der Waals surface area contributed by atoms with E-state index in [1.54, 1.807) is 18.2 Å². The maximum Gasteiger partial charge on any atom is 0.239 e. The minimum Gasteiger partial charge on any atom is -0.295 e. The lowest BCUT2D eigenvalue weighted by molar-refractivity contribution is -0.115. The molecule has 8 heteroatoms. The fraction of sp³-hybridized carbons (Fsp3) is 0.409. The van der Waals surface area contributed by atoms with Gasteiger partial charge < -0.3 is 0 Å². The Balaban J connectivity index is 2.75. The summed E-state index contributed by atoms with van der Waals surface area (Å²) in [7, 11) is -2.20. The second-order valence-electron chi connectivity index (χ2n) is 7.96. The van der Waals surface area contributed by atoms with E-state index in [2.05, 4.69) is 9.97 Å². The van der Waals surface area contributed by atoms with Gasteiger partial charge in [0.05, 0.1) is 17.6 Å². The molecule has 0 amide bonds. The van der Waals surface area contributed by atoms with Crippen molar-refractivity contribution in [2.45, 2.75) is 40.0 Å². The van der Waals surface area contributed by atoms with E-state index in [0.29, 0.717) is 28.9 Å². The third kappa shape index (κ3) is 5.95. The number of nitrogens with zero attached hydrogens (tertiary/aromatic N) is 3. The molecular weight excluding hydrogens is 405 g/mol. The average molecular weight is 434 g/mol. The maximum absolute atomic E-state index is 13.5. The Morgan fingerprint density at radius 3 is 2.23 bits per heavy atom. The molecule has 1 heterocycles. The summed E-state index contributed by atoms with van der Waals surface area (Å²) in [6, 6.07) is 5.76. The van der Waals surface area contributed by atoms with Crippen LogP contribution in [0.3, 0.4) is 0 Å². The van der Waals surface area contributed by atoms with Crippen LogP contribution in [0.4, 0.5) is 10.3 Å². The molecule has 0 fully saturated rings. The molecule has 0 atom stereocenters. The number of anilines is 1. The zero-order chi connectivity index (χ0) is 22.6. The number of aromatic nitrogens is 2. The number of hydrogen-bond acceptors (Lipinski definition) is 5. The molecule has 0 bridgehead atoms. The maximum atomic E-state index is 13.5. The molecule has 0 unspecified atom stereocenters. The average Bonchev–Trinajstić information content (AvgIpc) is 2.64. The van der Waals surface area contributed by atoms with Gasteiger partial charge in [0.15, 0.2) is 5.78 Å². The van der Waals surface area contributed by atoms with Gasteiger partial charge in [-0.05, 0) is 48.3 Å². The summed E-state index contributed by atoms with van der Waals surface area (Å²) in [5.41, 5.74) is 2.25. The quantitative estimate of drug-likeness (QED) is 0.575. The molecule has 30 heavy (non-hydrogen) atoms. The zero-order valence-electron chi connectivity index (χ0n) is 18.2. The lowest BCUT2D eigenvalue weighted by atomic mass is 9.97. The Hall–Kier alpha value is -2.61. The summed E-state index contributed by atoms with van der Waals surface area (Å²) in [6.45, 7) is 7.78. The highest BCUT2D eigenvalue weighted by Crippen LogP contribution is 2.31. The van der Waals surface area contributed by atoms with Crippen LogP contribution in [0.1, 0.15) is 51.3 Å². The van der Waals surface area contributed by atoms with Crippen LogP contribution >= 0.6 is 0 Å². The van der Waals surface area contributed by atoms with E-state index in [1.165, 1.54) is 25.3 Å². The summed E-state index contributed by atoms with van der Waals surface area (Å²) in [6.07, 6.45) is 4.65. The number of halogens is 1. The first kappa shape index (κ1) is 23.7. The Labute approximate surface area is 177 Å². The van der Waals surface area contributed by atoms with Gasteiger partial charge in [-0.1, -0.05) is 27.7 Å². The minimum atomic E-state index is -3.58. The van der Waals surface area contributed by atoms with Crippen LogP contribution in [0.15, 0.2) is 30.3 Å². The lowest BCUT2D eigenvalue weighted by Gasteiger charge is -2.20. The first-order valence-corrected chi connectivity index (χ1v) is 11.6. The van der Waals surface area contributed by atoms with E-state index in [0.717, 1.165) is 10.6 Å². The highest BCUT2D eigenvalue weighted by Gasteiger charge is 2.22. The van der Waals surface area contributed by atoms with Crippen LogP contribution in [0.5, 0.6) is 0 Å². The lowest BCUT2D eigenvalue weighted by Crippen LogP contribution is -2.27. The van der Waals surface area contributed by atoms with Crippen molar-refractivity contribution >= 4 is 27.8 Å². The minimum absolute atomic E-state index is 0.0196. The van der Waals surface area contributed by atoms with Crippen molar-refractivity contribution in [3.8, 4) is 11.3 Å². The van der Waals surface area contributed by atoms with Crippen LogP contribution in [-0.4, -0.2) is 37.5 Å². The largest absolute Gasteiger partial charge is 0.295 e.